The van der Waals surface area contributed by atoms with Gasteiger partial charge in [-0.2, -0.15) is 4.98 Å². The van der Waals surface area contributed by atoms with Crippen molar-refractivity contribution in [2.24, 2.45) is 0 Å². The van der Waals surface area contributed by atoms with E-state index in [2.05, 4.69) is 30.3 Å². The number of aromatic nitrogens is 5. The monoisotopic (exact) mass is 533 g/mol. The summed E-state index contributed by atoms with van der Waals surface area (Å²) in [4.78, 5) is 34.1. The summed E-state index contributed by atoms with van der Waals surface area (Å²) < 4.78 is 10.6. The largest absolute Gasteiger partial charge is 0.496 e. The van der Waals surface area contributed by atoms with Gasteiger partial charge in [0.2, 0.25) is 0 Å². The minimum Gasteiger partial charge on any atom is -0.496 e. The molecule has 0 unspecified atom stereocenters. The van der Waals surface area contributed by atoms with Gasteiger partial charge >= 0.3 is 0 Å². The number of hydrogen-bond donors (Lipinski definition) is 1. The van der Waals surface area contributed by atoms with Crippen molar-refractivity contribution in [1.29, 1.82) is 0 Å². The fourth-order valence-electron chi connectivity index (χ4n) is 4.27. The van der Waals surface area contributed by atoms with E-state index in [9.17, 15) is 4.79 Å². The molecule has 1 N–H and O–H groups in total. The van der Waals surface area contributed by atoms with Gasteiger partial charge in [0.25, 0.3) is 5.91 Å². The smallest absolute Gasteiger partial charge is 0.259 e. The van der Waals surface area contributed by atoms with Crippen LogP contribution >= 0.6 is 22.9 Å². The molecule has 0 aliphatic carbocycles. The number of benzene rings is 1. The van der Waals surface area contributed by atoms with Crippen LogP contribution in [0.25, 0.3) is 21.6 Å². The molecule has 4 aromatic heterocycles. The Morgan fingerprint density at radius 2 is 2.08 bits per heavy atom. The third-order valence-corrected chi connectivity index (χ3v) is 7.19. The highest BCUT2D eigenvalue weighted by Crippen LogP contribution is 2.35. The fraction of sp³-hybridized carbons (Fsp3) is 0.200. The molecule has 5 aromatic rings. The second kappa shape index (κ2) is 9.41. The van der Waals surface area contributed by atoms with E-state index in [-0.39, 0.29) is 5.91 Å². The Morgan fingerprint density at radius 1 is 1.19 bits per heavy atom. The van der Waals surface area contributed by atoms with Gasteiger partial charge in [-0.05, 0) is 31.2 Å². The van der Waals surface area contributed by atoms with Gasteiger partial charge in [-0.1, -0.05) is 28.1 Å². The quantitative estimate of drug-likeness (QED) is 0.335. The average molecular weight is 534 g/mol. The molecule has 0 saturated carbocycles. The Bertz CT molecular complexity index is 1650. The Kier molecular flexibility index (Phi) is 5.93. The van der Waals surface area contributed by atoms with Gasteiger partial charge in [0.05, 0.1) is 24.6 Å². The second-order valence-electron chi connectivity index (χ2n) is 8.50. The molecule has 0 spiro atoms. The second-order valence-corrected chi connectivity index (χ2v) is 9.92. The molecule has 1 aliphatic rings. The van der Waals surface area contributed by atoms with Crippen molar-refractivity contribution >= 4 is 50.3 Å². The Labute approximate surface area is 220 Å². The summed E-state index contributed by atoms with van der Waals surface area (Å²) in [5.41, 5.74) is 4.96. The van der Waals surface area contributed by atoms with Crippen LogP contribution in [0.15, 0.2) is 47.4 Å². The first-order valence-electron chi connectivity index (χ1n) is 11.4. The first-order chi connectivity index (χ1) is 18.0. The van der Waals surface area contributed by atoms with E-state index in [4.69, 9.17) is 25.8 Å². The number of hydrogen-bond acceptors (Lipinski definition) is 10. The zero-order valence-electron chi connectivity index (χ0n) is 19.9. The number of ether oxygens (including phenoxy) is 1. The van der Waals surface area contributed by atoms with Crippen molar-refractivity contribution in [3.05, 3.63) is 70.5 Å². The number of amides is 1. The number of carbonyl (C=O) groups is 1. The maximum absolute atomic E-state index is 13.4. The van der Waals surface area contributed by atoms with Gasteiger partial charge in [-0.3, -0.25) is 15.1 Å². The van der Waals surface area contributed by atoms with Gasteiger partial charge < -0.3 is 14.2 Å². The molecular weight excluding hydrogens is 514 g/mol. The van der Waals surface area contributed by atoms with Gasteiger partial charge in [0.15, 0.2) is 15.6 Å². The Morgan fingerprint density at radius 3 is 2.95 bits per heavy atom. The molecular formula is C25H20ClN7O3S. The van der Waals surface area contributed by atoms with E-state index >= 15 is 0 Å². The van der Waals surface area contributed by atoms with E-state index in [0.717, 1.165) is 35.7 Å². The zero-order chi connectivity index (χ0) is 25.5. The van der Waals surface area contributed by atoms with Crippen LogP contribution in [-0.4, -0.2) is 44.7 Å². The van der Waals surface area contributed by atoms with E-state index in [1.54, 1.807) is 37.8 Å². The van der Waals surface area contributed by atoms with E-state index in [1.807, 2.05) is 13.0 Å². The molecule has 1 amide bonds. The summed E-state index contributed by atoms with van der Waals surface area (Å²) in [6, 6.07) is 7.10. The van der Waals surface area contributed by atoms with Crippen molar-refractivity contribution in [2.75, 3.05) is 23.9 Å². The number of nitrogens with one attached hydrogen (secondary N) is 1. The molecule has 1 aliphatic heterocycles. The molecule has 0 atom stereocenters. The van der Waals surface area contributed by atoms with Crippen LogP contribution < -0.4 is 15.0 Å². The molecule has 12 heteroatoms. The third-order valence-electron chi connectivity index (χ3n) is 6.10. The summed E-state index contributed by atoms with van der Waals surface area (Å²) in [6.45, 7) is 3.27. The molecule has 186 valence electrons. The number of thiazole rings is 1. The Hall–Kier alpha value is -4.09. The van der Waals surface area contributed by atoms with Gasteiger partial charge in [-0.25, -0.2) is 9.97 Å². The number of methoxy groups -OCH3 is 1. The highest BCUT2D eigenvalue weighted by molar-refractivity contribution is 7.21. The first kappa shape index (κ1) is 23.3. The molecule has 0 fully saturated rings. The predicted octanol–water partition coefficient (Wildman–Crippen LogP) is 4.92. The minimum absolute atomic E-state index is 0.361. The normalized spacial score (nSPS) is 13.0. The summed E-state index contributed by atoms with van der Waals surface area (Å²) in [5, 5.41) is 7.83. The van der Waals surface area contributed by atoms with Crippen LogP contribution in [0.3, 0.4) is 0 Å². The van der Waals surface area contributed by atoms with Crippen LogP contribution in [-0.2, 0) is 13.0 Å². The highest BCUT2D eigenvalue weighted by Gasteiger charge is 2.22. The summed E-state index contributed by atoms with van der Waals surface area (Å²) in [5.74, 6) is 0.972. The number of carbonyl (C=O) groups excluding carboxylic acids is 1. The standard InChI is InChI=1S/C25H20ClN7O3S/c1-13-7-16(17-8-15(26)3-4-20(17)35-2)18(9-27-13)23(34)31-25-30-22-24(37-25)29-21(10-28-22)33-6-5-19-14(11-33)12-36-32-19/h3-4,7-10,12H,5-6,11H2,1-2H3,(H,28,30,31,34). The van der Waals surface area contributed by atoms with E-state index in [0.29, 0.717) is 49.6 Å². The van der Waals surface area contributed by atoms with E-state index in [1.165, 1.54) is 17.5 Å². The van der Waals surface area contributed by atoms with Crippen LogP contribution in [0.1, 0.15) is 27.3 Å². The SMILES string of the molecule is COc1ccc(Cl)cc1-c1cc(C)ncc1C(=O)Nc1nc2ncc(N3CCc4nocc4C3)nc2s1. The van der Waals surface area contributed by atoms with Crippen molar-refractivity contribution in [2.45, 2.75) is 19.9 Å². The number of pyridine rings is 1. The third kappa shape index (κ3) is 4.47. The molecule has 1 aromatic carbocycles. The molecule has 10 nitrogen and oxygen atoms in total. The lowest BCUT2D eigenvalue weighted by Crippen LogP contribution is -2.30. The summed E-state index contributed by atoms with van der Waals surface area (Å²) in [7, 11) is 1.57. The first-order valence-corrected chi connectivity index (χ1v) is 12.6. The number of anilines is 2. The molecule has 0 bridgehead atoms. The lowest BCUT2D eigenvalue weighted by Gasteiger charge is -2.26. The average Bonchev–Trinajstić information content (AvgIpc) is 3.53. The predicted molar refractivity (Wildman–Crippen MR) is 140 cm³/mol. The number of aryl methyl sites for hydroxylation is 1. The molecule has 37 heavy (non-hydrogen) atoms. The van der Waals surface area contributed by atoms with Gasteiger partial charge in [0.1, 0.15) is 17.8 Å². The van der Waals surface area contributed by atoms with Crippen LogP contribution in [0, 0.1) is 6.92 Å². The minimum atomic E-state index is -0.361. The topological polar surface area (TPSA) is 119 Å². The zero-order valence-corrected chi connectivity index (χ0v) is 21.4. The number of fused-ring (bicyclic) bond motifs is 2. The molecule has 0 radical (unpaired) electrons. The van der Waals surface area contributed by atoms with Crippen molar-refractivity contribution in [3.8, 4) is 16.9 Å². The van der Waals surface area contributed by atoms with Crippen LogP contribution in [0.5, 0.6) is 5.75 Å². The fourth-order valence-corrected chi connectivity index (χ4v) is 5.23. The van der Waals surface area contributed by atoms with Crippen molar-refractivity contribution in [3.63, 3.8) is 0 Å². The maximum Gasteiger partial charge on any atom is 0.259 e. The van der Waals surface area contributed by atoms with Crippen molar-refractivity contribution < 1.29 is 14.1 Å². The van der Waals surface area contributed by atoms with Crippen molar-refractivity contribution in [1.82, 2.24) is 25.1 Å². The molecule has 0 saturated heterocycles. The van der Waals surface area contributed by atoms with E-state index < -0.39 is 0 Å². The molecule has 5 heterocycles. The number of nitrogens with zero attached hydrogens (tertiary/aromatic N) is 6. The highest BCUT2D eigenvalue weighted by atomic mass is 35.5. The summed E-state index contributed by atoms with van der Waals surface area (Å²) >= 11 is 7.51. The number of halogens is 1. The lowest BCUT2D eigenvalue weighted by atomic mass is 9.99. The lowest BCUT2D eigenvalue weighted by molar-refractivity contribution is 0.102. The number of rotatable bonds is 5. The Balaban J connectivity index is 1.28. The summed E-state index contributed by atoms with van der Waals surface area (Å²) in [6.07, 6.45) is 5.68. The van der Waals surface area contributed by atoms with Crippen LogP contribution in [0.2, 0.25) is 5.02 Å². The van der Waals surface area contributed by atoms with Crippen LogP contribution in [0.4, 0.5) is 10.9 Å². The van der Waals surface area contributed by atoms with Gasteiger partial charge in [-0.15, -0.1) is 0 Å². The molecule has 6 rings (SSSR count). The van der Waals surface area contributed by atoms with Gasteiger partial charge in [0, 0.05) is 53.1 Å². The maximum atomic E-state index is 13.4.